The molecule has 1 amide bonds. The molecule has 1 aliphatic rings. The monoisotopic (exact) mass is 391 g/mol. The summed E-state index contributed by atoms with van der Waals surface area (Å²) in [5.41, 5.74) is 1.96. The van der Waals surface area contributed by atoms with Gasteiger partial charge in [-0.05, 0) is 42.3 Å². The van der Waals surface area contributed by atoms with Gasteiger partial charge in [-0.3, -0.25) is 4.79 Å². The fraction of sp³-hybridized carbons (Fsp3) is 0.304. The van der Waals surface area contributed by atoms with Crippen molar-refractivity contribution in [3.05, 3.63) is 72.6 Å². The van der Waals surface area contributed by atoms with Crippen LogP contribution in [0.4, 0.5) is 0 Å². The number of aromatic nitrogens is 2. The van der Waals surface area contributed by atoms with Crippen molar-refractivity contribution in [3.63, 3.8) is 0 Å². The third kappa shape index (κ3) is 4.59. The Labute approximate surface area is 170 Å². The first-order valence-corrected chi connectivity index (χ1v) is 9.98. The van der Waals surface area contributed by atoms with Gasteiger partial charge < -0.3 is 14.4 Å². The first kappa shape index (κ1) is 19.1. The van der Waals surface area contributed by atoms with Crippen molar-refractivity contribution in [1.82, 2.24) is 14.7 Å². The van der Waals surface area contributed by atoms with Gasteiger partial charge in [-0.2, -0.15) is 5.10 Å². The summed E-state index contributed by atoms with van der Waals surface area (Å²) in [7, 11) is 0. The molecule has 0 saturated heterocycles. The minimum Gasteiger partial charge on any atom is -0.486 e. The Hall–Kier alpha value is -3.28. The number of hydrogen-bond acceptors (Lipinski definition) is 4. The predicted octanol–water partition coefficient (Wildman–Crippen LogP) is 3.49. The molecule has 1 aliphatic heterocycles. The normalized spacial score (nSPS) is 15.1. The summed E-state index contributed by atoms with van der Waals surface area (Å²) in [5, 5.41) is 4.23. The van der Waals surface area contributed by atoms with Crippen LogP contribution < -0.4 is 9.47 Å². The van der Waals surface area contributed by atoms with Crippen LogP contribution in [0.1, 0.15) is 18.9 Å². The van der Waals surface area contributed by atoms with Crippen LogP contribution in [0.3, 0.4) is 0 Å². The second-order valence-electron chi connectivity index (χ2n) is 7.13. The first-order valence-electron chi connectivity index (χ1n) is 9.98. The molecular formula is C23H25N3O3. The summed E-state index contributed by atoms with van der Waals surface area (Å²) in [6, 6.07) is 17.5. The zero-order valence-electron chi connectivity index (χ0n) is 16.5. The van der Waals surface area contributed by atoms with Gasteiger partial charge in [0.05, 0.1) is 18.7 Å². The number of amides is 1. The average Bonchev–Trinajstić information content (AvgIpc) is 3.29. The van der Waals surface area contributed by atoms with E-state index < -0.39 is 0 Å². The van der Waals surface area contributed by atoms with Crippen molar-refractivity contribution >= 4 is 5.91 Å². The minimum absolute atomic E-state index is 0.0983. The van der Waals surface area contributed by atoms with Crippen molar-refractivity contribution in [3.8, 4) is 17.2 Å². The molecule has 2 aromatic carbocycles. The Morgan fingerprint density at radius 2 is 1.93 bits per heavy atom. The van der Waals surface area contributed by atoms with Gasteiger partial charge in [0.25, 0.3) is 0 Å². The second-order valence-corrected chi connectivity index (χ2v) is 7.13. The van der Waals surface area contributed by atoms with Gasteiger partial charge in [0.15, 0.2) is 17.6 Å². The highest BCUT2D eigenvalue weighted by molar-refractivity contribution is 5.79. The van der Waals surface area contributed by atoms with Crippen LogP contribution in [0.15, 0.2) is 67.0 Å². The van der Waals surface area contributed by atoms with Gasteiger partial charge in [0.2, 0.25) is 5.91 Å². The van der Waals surface area contributed by atoms with Gasteiger partial charge in [0.1, 0.15) is 6.61 Å². The number of hydrogen-bond donors (Lipinski definition) is 0. The molecule has 6 heteroatoms. The second kappa shape index (κ2) is 8.82. The van der Waals surface area contributed by atoms with E-state index >= 15 is 0 Å². The van der Waals surface area contributed by atoms with Gasteiger partial charge in [-0.25, -0.2) is 4.68 Å². The molecule has 1 unspecified atom stereocenters. The molecular weight excluding hydrogens is 366 g/mol. The van der Waals surface area contributed by atoms with Crippen LogP contribution in [0.25, 0.3) is 5.69 Å². The number of rotatable bonds is 7. The lowest BCUT2D eigenvalue weighted by Gasteiger charge is -2.31. The highest BCUT2D eigenvalue weighted by atomic mass is 16.6. The summed E-state index contributed by atoms with van der Waals surface area (Å²) in [6.45, 7) is 3.74. The number of nitrogens with zero attached hydrogens (tertiary/aromatic N) is 3. The lowest BCUT2D eigenvalue weighted by atomic mass is 10.1. The quantitative estimate of drug-likeness (QED) is 0.619. The highest BCUT2D eigenvalue weighted by Gasteiger charge is 2.25. The standard InChI is InChI=1S/C23H25N3O3/c1-2-13-25(16-20-17-28-21-6-3-4-7-22(21)29-20)23(27)15-18-8-10-19(11-9-18)26-14-5-12-24-26/h3-12,14,20H,2,13,15-17H2,1H3. The molecule has 4 rings (SSSR count). The van der Waals surface area contributed by atoms with Crippen molar-refractivity contribution in [1.29, 1.82) is 0 Å². The van der Waals surface area contributed by atoms with Crippen molar-refractivity contribution in [2.75, 3.05) is 19.7 Å². The SMILES string of the molecule is CCCN(CC1COc2ccccc2O1)C(=O)Cc1ccc(-n2cccn2)cc1. The number of carbonyl (C=O) groups is 1. The summed E-state index contributed by atoms with van der Waals surface area (Å²) < 4.78 is 13.6. The van der Waals surface area contributed by atoms with Crippen LogP contribution in [0, 0.1) is 0 Å². The minimum atomic E-state index is -0.164. The molecule has 2 heterocycles. The molecule has 0 saturated carbocycles. The Morgan fingerprint density at radius 1 is 1.14 bits per heavy atom. The Morgan fingerprint density at radius 3 is 2.66 bits per heavy atom. The summed E-state index contributed by atoms with van der Waals surface area (Å²) in [6.07, 6.45) is 4.74. The highest BCUT2D eigenvalue weighted by Crippen LogP contribution is 2.31. The summed E-state index contributed by atoms with van der Waals surface area (Å²) in [5.74, 6) is 1.59. The Kier molecular flexibility index (Phi) is 5.79. The maximum atomic E-state index is 12.9. The molecule has 0 fully saturated rings. The van der Waals surface area contributed by atoms with Gasteiger partial charge in [-0.1, -0.05) is 31.2 Å². The molecule has 0 bridgehead atoms. The van der Waals surface area contributed by atoms with E-state index in [2.05, 4.69) is 12.0 Å². The molecule has 3 aromatic rings. The van der Waals surface area contributed by atoms with Gasteiger partial charge in [0, 0.05) is 18.9 Å². The molecule has 150 valence electrons. The molecule has 6 nitrogen and oxygen atoms in total. The number of para-hydroxylation sites is 2. The van der Waals surface area contributed by atoms with E-state index in [1.807, 2.05) is 65.7 Å². The number of carbonyl (C=O) groups excluding carboxylic acids is 1. The van der Waals surface area contributed by atoms with Crippen molar-refractivity contribution in [2.24, 2.45) is 0 Å². The maximum absolute atomic E-state index is 12.9. The van der Waals surface area contributed by atoms with E-state index in [4.69, 9.17) is 9.47 Å². The van der Waals surface area contributed by atoms with E-state index in [9.17, 15) is 4.79 Å². The van der Waals surface area contributed by atoms with Gasteiger partial charge >= 0.3 is 0 Å². The number of fused-ring (bicyclic) bond motifs is 1. The first-order chi connectivity index (χ1) is 14.2. The largest absolute Gasteiger partial charge is 0.486 e. The van der Waals surface area contributed by atoms with Crippen LogP contribution in [0.5, 0.6) is 11.5 Å². The van der Waals surface area contributed by atoms with Crippen molar-refractivity contribution < 1.29 is 14.3 Å². The van der Waals surface area contributed by atoms with Crippen molar-refractivity contribution in [2.45, 2.75) is 25.9 Å². The topological polar surface area (TPSA) is 56.6 Å². The Bertz CT molecular complexity index is 938. The van der Waals surface area contributed by atoms with Crippen LogP contribution in [0.2, 0.25) is 0 Å². The predicted molar refractivity (Wildman–Crippen MR) is 110 cm³/mol. The summed E-state index contributed by atoms with van der Waals surface area (Å²) >= 11 is 0. The fourth-order valence-corrected chi connectivity index (χ4v) is 3.46. The van der Waals surface area contributed by atoms with Crippen LogP contribution >= 0.6 is 0 Å². The summed E-state index contributed by atoms with van der Waals surface area (Å²) in [4.78, 5) is 14.8. The molecule has 1 atom stereocenters. The zero-order chi connectivity index (χ0) is 20.1. The molecule has 0 aliphatic carbocycles. The third-order valence-electron chi connectivity index (χ3n) is 4.90. The Balaban J connectivity index is 1.38. The molecule has 0 spiro atoms. The molecule has 0 radical (unpaired) electrons. The van der Waals surface area contributed by atoms with Gasteiger partial charge in [-0.15, -0.1) is 0 Å². The van der Waals surface area contributed by atoms with E-state index in [0.717, 1.165) is 29.2 Å². The third-order valence-corrected chi connectivity index (χ3v) is 4.90. The lowest BCUT2D eigenvalue weighted by molar-refractivity contribution is -0.132. The van der Waals surface area contributed by atoms with E-state index in [1.165, 1.54) is 0 Å². The maximum Gasteiger partial charge on any atom is 0.227 e. The fourth-order valence-electron chi connectivity index (χ4n) is 3.46. The number of benzene rings is 2. The number of ether oxygens (including phenoxy) is 2. The lowest BCUT2D eigenvalue weighted by Crippen LogP contribution is -2.44. The molecule has 0 N–H and O–H groups in total. The van der Waals surface area contributed by atoms with E-state index in [1.54, 1.807) is 10.9 Å². The van der Waals surface area contributed by atoms with Crippen LogP contribution in [-0.2, 0) is 11.2 Å². The smallest absolute Gasteiger partial charge is 0.227 e. The van der Waals surface area contributed by atoms with Crippen LogP contribution in [-0.4, -0.2) is 46.4 Å². The zero-order valence-corrected chi connectivity index (χ0v) is 16.5. The van der Waals surface area contributed by atoms with E-state index in [-0.39, 0.29) is 12.0 Å². The molecule has 29 heavy (non-hydrogen) atoms. The average molecular weight is 391 g/mol. The van der Waals surface area contributed by atoms with E-state index in [0.29, 0.717) is 26.1 Å². The molecule has 1 aromatic heterocycles.